The lowest BCUT2D eigenvalue weighted by Gasteiger charge is -2.15. The molecule has 0 aliphatic rings. The van der Waals surface area contributed by atoms with E-state index in [-0.39, 0.29) is 11.1 Å². The lowest BCUT2D eigenvalue weighted by Crippen LogP contribution is -2.20. The minimum Gasteiger partial charge on any atom is -0.397 e. The van der Waals surface area contributed by atoms with E-state index in [0.717, 1.165) is 0 Å². The fourth-order valence-corrected chi connectivity index (χ4v) is 1.48. The fraction of sp³-hybridized carbons (Fsp3) is 0.455. The van der Waals surface area contributed by atoms with Crippen LogP contribution < -0.4 is 11.1 Å². The zero-order valence-corrected chi connectivity index (χ0v) is 10.1. The van der Waals surface area contributed by atoms with Crippen LogP contribution in [0.15, 0.2) is 12.1 Å². The van der Waals surface area contributed by atoms with Crippen LogP contribution >= 0.6 is 11.6 Å². The van der Waals surface area contributed by atoms with Crippen LogP contribution in [0.2, 0.25) is 5.02 Å². The van der Waals surface area contributed by atoms with Crippen LogP contribution in [0.4, 0.5) is 15.8 Å². The number of hydrogen-bond acceptors (Lipinski definition) is 3. The molecule has 0 aliphatic heterocycles. The van der Waals surface area contributed by atoms with Gasteiger partial charge in [0, 0.05) is 19.2 Å². The highest BCUT2D eigenvalue weighted by Crippen LogP contribution is 2.26. The van der Waals surface area contributed by atoms with E-state index >= 15 is 0 Å². The molecule has 3 N–H and O–H groups in total. The third-order valence-corrected chi connectivity index (χ3v) is 2.41. The molecule has 0 aromatic heterocycles. The van der Waals surface area contributed by atoms with Crippen molar-refractivity contribution >= 4 is 23.0 Å². The Bertz CT molecular complexity index is 360. The third-order valence-electron chi connectivity index (χ3n) is 2.12. The van der Waals surface area contributed by atoms with Gasteiger partial charge in [-0.05, 0) is 19.9 Å². The Kier molecular flexibility index (Phi) is 4.83. The molecule has 1 aromatic carbocycles. The molecule has 0 saturated heterocycles. The van der Waals surface area contributed by atoms with Gasteiger partial charge in [-0.1, -0.05) is 11.6 Å². The normalized spacial score (nSPS) is 12.5. The summed E-state index contributed by atoms with van der Waals surface area (Å²) in [5, 5.41) is 3.12. The molecule has 90 valence electrons. The number of ether oxygens (including phenoxy) is 1. The number of nitrogen functional groups attached to an aromatic ring is 1. The molecule has 0 radical (unpaired) electrons. The second-order valence-electron chi connectivity index (χ2n) is 3.50. The van der Waals surface area contributed by atoms with Crippen LogP contribution in [0.3, 0.4) is 0 Å². The van der Waals surface area contributed by atoms with Gasteiger partial charge in [0.2, 0.25) is 0 Å². The number of nitrogens with two attached hydrogens (primary N) is 1. The molecule has 1 rings (SSSR count). The number of rotatable bonds is 5. The Morgan fingerprint density at radius 1 is 1.56 bits per heavy atom. The van der Waals surface area contributed by atoms with Crippen LogP contribution in [0.25, 0.3) is 0 Å². The summed E-state index contributed by atoms with van der Waals surface area (Å²) in [6.45, 7) is 5.12. The Morgan fingerprint density at radius 3 is 2.88 bits per heavy atom. The molecule has 0 heterocycles. The molecule has 0 aliphatic carbocycles. The number of halogens is 2. The molecule has 16 heavy (non-hydrogen) atoms. The number of nitrogens with one attached hydrogen (secondary N) is 1. The van der Waals surface area contributed by atoms with Crippen molar-refractivity contribution in [1.82, 2.24) is 0 Å². The molecule has 0 fully saturated rings. The summed E-state index contributed by atoms with van der Waals surface area (Å²) >= 11 is 5.66. The first-order valence-corrected chi connectivity index (χ1v) is 5.52. The van der Waals surface area contributed by atoms with Crippen molar-refractivity contribution in [3.8, 4) is 0 Å². The van der Waals surface area contributed by atoms with E-state index in [9.17, 15) is 4.39 Å². The van der Waals surface area contributed by atoms with E-state index in [1.807, 2.05) is 13.8 Å². The maximum absolute atomic E-state index is 13.0. The smallest absolute Gasteiger partial charge is 0.143 e. The lowest BCUT2D eigenvalue weighted by molar-refractivity contribution is 0.0855. The van der Waals surface area contributed by atoms with Gasteiger partial charge in [0.25, 0.3) is 0 Å². The van der Waals surface area contributed by atoms with Crippen LogP contribution in [-0.2, 0) is 4.74 Å². The Balaban J connectivity index is 2.63. The highest BCUT2D eigenvalue weighted by molar-refractivity contribution is 6.31. The first kappa shape index (κ1) is 13.1. The number of hydrogen-bond donors (Lipinski definition) is 2. The molecular formula is C11H16ClFN2O. The van der Waals surface area contributed by atoms with Crippen molar-refractivity contribution in [2.75, 3.05) is 24.2 Å². The minimum atomic E-state index is -0.512. The average Bonchev–Trinajstić information content (AvgIpc) is 2.22. The summed E-state index contributed by atoms with van der Waals surface area (Å²) in [6.07, 6.45) is 0.0632. The van der Waals surface area contributed by atoms with Crippen molar-refractivity contribution in [1.29, 1.82) is 0 Å². The van der Waals surface area contributed by atoms with E-state index in [1.54, 1.807) is 0 Å². The van der Waals surface area contributed by atoms with Crippen LogP contribution in [0, 0.1) is 5.82 Å². The highest BCUT2D eigenvalue weighted by Gasteiger charge is 2.07. The van der Waals surface area contributed by atoms with Gasteiger partial charge >= 0.3 is 0 Å². The summed E-state index contributed by atoms with van der Waals surface area (Å²) in [5.74, 6) is -0.512. The zero-order valence-electron chi connectivity index (χ0n) is 9.39. The monoisotopic (exact) mass is 246 g/mol. The van der Waals surface area contributed by atoms with Crippen LogP contribution in [0.5, 0.6) is 0 Å². The van der Waals surface area contributed by atoms with E-state index in [2.05, 4.69) is 5.32 Å². The molecule has 0 spiro atoms. The Labute approximate surface area is 99.7 Å². The first-order chi connectivity index (χ1) is 7.54. The summed E-state index contributed by atoms with van der Waals surface area (Å²) in [6, 6.07) is 2.68. The molecule has 3 nitrogen and oxygen atoms in total. The highest BCUT2D eigenvalue weighted by atomic mass is 35.5. The largest absolute Gasteiger partial charge is 0.397 e. The molecular weight excluding hydrogens is 231 g/mol. The molecule has 0 saturated carbocycles. The molecule has 1 atom stereocenters. The van der Waals surface area contributed by atoms with Gasteiger partial charge in [-0.3, -0.25) is 0 Å². The quantitative estimate of drug-likeness (QED) is 0.786. The molecule has 1 aromatic rings. The van der Waals surface area contributed by atoms with Crippen molar-refractivity contribution < 1.29 is 9.13 Å². The molecule has 0 amide bonds. The summed E-state index contributed by atoms with van der Waals surface area (Å²) < 4.78 is 18.4. The van der Waals surface area contributed by atoms with E-state index < -0.39 is 5.82 Å². The summed E-state index contributed by atoms with van der Waals surface area (Å²) in [5.41, 5.74) is 6.61. The van der Waals surface area contributed by atoms with E-state index in [1.165, 1.54) is 12.1 Å². The Morgan fingerprint density at radius 2 is 2.25 bits per heavy atom. The lowest BCUT2D eigenvalue weighted by atomic mass is 10.2. The van der Waals surface area contributed by atoms with Gasteiger partial charge in [0.05, 0.1) is 22.5 Å². The van der Waals surface area contributed by atoms with Gasteiger partial charge in [0.15, 0.2) is 0 Å². The fourth-order valence-electron chi connectivity index (χ4n) is 1.31. The zero-order chi connectivity index (χ0) is 12.1. The summed E-state index contributed by atoms with van der Waals surface area (Å²) in [4.78, 5) is 0. The molecule has 5 heteroatoms. The van der Waals surface area contributed by atoms with Gasteiger partial charge in [0.1, 0.15) is 5.82 Å². The van der Waals surface area contributed by atoms with Crippen molar-refractivity contribution in [3.05, 3.63) is 23.0 Å². The van der Waals surface area contributed by atoms with Crippen LogP contribution in [0.1, 0.15) is 13.8 Å². The molecule has 1 unspecified atom stereocenters. The third kappa shape index (κ3) is 3.54. The average molecular weight is 247 g/mol. The standard InChI is InChI=1S/C11H16ClFN2O/c1-3-16-7(2)6-15-11-4-8(12)9(13)5-10(11)14/h4-5,7,15H,3,6,14H2,1-2H3. The van der Waals surface area contributed by atoms with E-state index in [0.29, 0.717) is 24.5 Å². The predicted molar refractivity (Wildman–Crippen MR) is 65.4 cm³/mol. The first-order valence-electron chi connectivity index (χ1n) is 5.14. The maximum atomic E-state index is 13.0. The maximum Gasteiger partial charge on any atom is 0.143 e. The van der Waals surface area contributed by atoms with Crippen LogP contribution in [-0.4, -0.2) is 19.3 Å². The number of anilines is 2. The predicted octanol–water partition coefficient (Wildman–Crippen LogP) is 2.90. The number of benzene rings is 1. The molecule has 0 bridgehead atoms. The van der Waals surface area contributed by atoms with Gasteiger partial charge in [-0.2, -0.15) is 0 Å². The second kappa shape index (κ2) is 5.92. The van der Waals surface area contributed by atoms with E-state index in [4.69, 9.17) is 22.1 Å². The van der Waals surface area contributed by atoms with Crippen molar-refractivity contribution in [2.45, 2.75) is 20.0 Å². The van der Waals surface area contributed by atoms with Gasteiger partial charge in [-0.25, -0.2) is 4.39 Å². The van der Waals surface area contributed by atoms with Crippen molar-refractivity contribution in [3.63, 3.8) is 0 Å². The second-order valence-corrected chi connectivity index (χ2v) is 3.91. The minimum absolute atomic E-state index is 0.0563. The topological polar surface area (TPSA) is 47.3 Å². The summed E-state index contributed by atoms with van der Waals surface area (Å²) in [7, 11) is 0. The van der Waals surface area contributed by atoms with Gasteiger partial charge in [-0.15, -0.1) is 0 Å². The SMILES string of the molecule is CCOC(C)CNc1cc(Cl)c(F)cc1N. The van der Waals surface area contributed by atoms with Crippen molar-refractivity contribution in [2.24, 2.45) is 0 Å². The van der Waals surface area contributed by atoms with Gasteiger partial charge < -0.3 is 15.8 Å². The Hall–Kier alpha value is -1.00.